The van der Waals surface area contributed by atoms with E-state index in [2.05, 4.69) is 17.0 Å². The van der Waals surface area contributed by atoms with Gasteiger partial charge in [0.25, 0.3) is 0 Å². The van der Waals surface area contributed by atoms with Crippen LogP contribution in [-0.4, -0.2) is 58.0 Å². The number of rotatable bonds is 10. The number of benzene rings is 3. The van der Waals surface area contributed by atoms with Crippen LogP contribution < -0.4 is 4.74 Å². The van der Waals surface area contributed by atoms with Crippen molar-refractivity contribution in [2.24, 2.45) is 0 Å². The quantitative estimate of drug-likeness (QED) is 0.324. The molecule has 0 aliphatic carbocycles. The Kier molecular flexibility index (Phi) is 9.07. The molecule has 0 radical (unpaired) electrons. The Morgan fingerprint density at radius 3 is 2.39 bits per heavy atom. The molecule has 192 valence electrons. The van der Waals surface area contributed by atoms with E-state index in [0.29, 0.717) is 22.4 Å². The molecule has 1 heterocycles. The van der Waals surface area contributed by atoms with E-state index in [9.17, 15) is 8.42 Å². The average molecular weight is 527 g/mol. The fraction of sp³-hybridized carbons (Fsp3) is 0.379. The Morgan fingerprint density at radius 1 is 1.00 bits per heavy atom. The molecule has 1 aliphatic rings. The van der Waals surface area contributed by atoms with Crippen LogP contribution in [0.2, 0.25) is 5.02 Å². The lowest BCUT2D eigenvalue weighted by Gasteiger charge is -2.34. The summed E-state index contributed by atoms with van der Waals surface area (Å²) in [7, 11) is -0.165. The molecule has 1 saturated heterocycles. The van der Waals surface area contributed by atoms with E-state index in [1.807, 2.05) is 42.5 Å². The molecule has 7 heteroatoms. The van der Waals surface area contributed by atoms with Crippen LogP contribution in [0.3, 0.4) is 0 Å². The second-order valence-corrected chi connectivity index (χ2v) is 12.0. The highest BCUT2D eigenvalue weighted by Crippen LogP contribution is 2.34. The monoisotopic (exact) mass is 526 g/mol. The standard InChI is InChI=1S/C29H35ClN2O3S/c1-31(36(33,34)27-11-4-3-5-12-27)22-25(24-9-8-10-26(30)21-24)17-20-32-18-15-23(16-19-32)28-13-6-7-14-29(28)35-2/h3-14,21,23,25H,15-20,22H2,1-2H3/t25-/m1/s1. The van der Waals surface area contributed by atoms with Crippen molar-refractivity contribution in [1.29, 1.82) is 0 Å². The molecule has 3 aromatic rings. The third-order valence-corrected chi connectivity index (χ3v) is 9.28. The van der Waals surface area contributed by atoms with Crippen molar-refractivity contribution in [2.45, 2.75) is 36.0 Å². The minimum atomic E-state index is -3.57. The van der Waals surface area contributed by atoms with Crippen LogP contribution in [0, 0.1) is 0 Å². The van der Waals surface area contributed by atoms with Crippen LogP contribution in [-0.2, 0) is 10.0 Å². The smallest absolute Gasteiger partial charge is 0.242 e. The van der Waals surface area contributed by atoms with Crippen LogP contribution in [0.5, 0.6) is 5.75 Å². The maximum Gasteiger partial charge on any atom is 0.242 e. The Balaban J connectivity index is 1.42. The van der Waals surface area contributed by atoms with Crippen molar-refractivity contribution in [3.05, 3.63) is 95.0 Å². The van der Waals surface area contributed by atoms with Gasteiger partial charge in [-0.2, -0.15) is 0 Å². The van der Waals surface area contributed by atoms with E-state index < -0.39 is 10.0 Å². The van der Waals surface area contributed by atoms with Gasteiger partial charge in [0.1, 0.15) is 5.75 Å². The van der Waals surface area contributed by atoms with Gasteiger partial charge in [0, 0.05) is 18.6 Å². The number of para-hydroxylation sites is 1. The van der Waals surface area contributed by atoms with Crippen LogP contribution in [0.15, 0.2) is 83.8 Å². The number of nitrogens with zero attached hydrogens (tertiary/aromatic N) is 2. The summed E-state index contributed by atoms with van der Waals surface area (Å²) in [5.74, 6) is 1.52. The van der Waals surface area contributed by atoms with E-state index in [1.165, 1.54) is 9.87 Å². The molecular weight excluding hydrogens is 492 g/mol. The molecule has 0 bridgehead atoms. The van der Waals surface area contributed by atoms with Crippen LogP contribution >= 0.6 is 11.6 Å². The highest BCUT2D eigenvalue weighted by molar-refractivity contribution is 7.89. The zero-order chi connectivity index (χ0) is 25.5. The summed E-state index contributed by atoms with van der Waals surface area (Å²) in [6.07, 6.45) is 3.03. The predicted octanol–water partition coefficient (Wildman–Crippen LogP) is 6.02. The van der Waals surface area contributed by atoms with Gasteiger partial charge >= 0.3 is 0 Å². The van der Waals surface area contributed by atoms with Crippen molar-refractivity contribution in [3.8, 4) is 5.75 Å². The highest BCUT2D eigenvalue weighted by Gasteiger charge is 2.27. The second kappa shape index (κ2) is 12.2. The van der Waals surface area contributed by atoms with Crippen molar-refractivity contribution in [2.75, 3.05) is 40.3 Å². The summed E-state index contributed by atoms with van der Waals surface area (Å²) >= 11 is 6.31. The van der Waals surface area contributed by atoms with Gasteiger partial charge in [-0.25, -0.2) is 12.7 Å². The summed E-state index contributed by atoms with van der Waals surface area (Å²) in [5, 5.41) is 0.670. The number of sulfonamides is 1. The second-order valence-electron chi connectivity index (χ2n) is 9.50. The zero-order valence-electron chi connectivity index (χ0n) is 21.0. The molecule has 1 aliphatic heterocycles. The lowest BCUT2D eigenvalue weighted by molar-refractivity contribution is 0.202. The maximum absolute atomic E-state index is 13.2. The first-order valence-electron chi connectivity index (χ1n) is 12.5. The summed E-state index contributed by atoms with van der Waals surface area (Å²) in [6.45, 7) is 3.34. The molecule has 36 heavy (non-hydrogen) atoms. The summed E-state index contributed by atoms with van der Waals surface area (Å²) in [4.78, 5) is 2.81. The van der Waals surface area contributed by atoms with Gasteiger partial charge < -0.3 is 9.64 Å². The topological polar surface area (TPSA) is 49.9 Å². The SMILES string of the molecule is COc1ccccc1C1CCN(CC[C@H](CN(C)S(=O)(=O)c2ccccc2)c2cccc(Cl)c2)CC1. The third-order valence-electron chi connectivity index (χ3n) is 7.21. The zero-order valence-corrected chi connectivity index (χ0v) is 22.6. The van der Waals surface area contributed by atoms with Gasteiger partial charge in [-0.1, -0.05) is 60.1 Å². The van der Waals surface area contributed by atoms with Gasteiger partial charge in [-0.3, -0.25) is 0 Å². The lowest BCUT2D eigenvalue weighted by atomic mass is 9.88. The number of hydrogen-bond donors (Lipinski definition) is 0. The number of halogens is 1. The predicted molar refractivity (Wildman–Crippen MR) is 146 cm³/mol. The Bertz CT molecular complexity index is 1230. The summed E-state index contributed by atoms with van der Waals surface area (Å²) < 4.78 is 33.4. The molecule has 0 spiro atoms. The molecule has 4 rings (SSSR count). The summed E-state index contributed by atoms with van der Waals surface area (Å²) in [5.41, 5.74) is 2.37. The molecule has 1 fully saturated rings. The van der Waals surface area contributed by atoms with Crippen molar-refractivity contribution in [1.82, 2.24) is 9.21 Å². The largest absolute Gasteiger partial charge is 0.496 e. The van der Waals surface area contributed by atoms with E-state index in [4.69, 9.17) is 16.3 Å². The van der Waals surface area contributed by atoms with Crippen molar-refractivity contribution >= 4 is 21.6 Å². The number of likely N-dealkylation sites (tertiary alicyclic amines) is 1. The van der Waals surface area contributed by atoms with Gasteiger partial charge in [0.2, 0.25) is 10.0 Å². The normalized spacial score (nSPS) is 16.2. The first kappa shape index (κ1) is 26.7. The van der Waals surface area contributed by atoms with E-state index in [1.54, 1.807) is 38.4 Å². The van der Waals surface area contributed by atoms with Gasteiger partial charge in [0.15, 0.2) is 0 Å². The molecular formula is C29H35ClN2O3S. The fourth-order valence-electron chi connectivity index (χ4n) is 5.11. The Hall–Kier alpha value is -2.38. The van der Waals surface area contributed by atoms with E-state index >= 15 is 0 Å². The number of hydrogen-bond acceptors (Lipinski definition) is 4. The molecule has 3 aromatic carbocycles. The first-order valence-corrected chi connectivity index (χ1v) is 14.3. The van der Waals surface area contributed by atoms with E-state index in [0.717, 1.165) is 50.2 Å². The molecule has 0 N–H and O–H groups in total. The maximum atomic E-state index is 13.2. The van der Waals surface area contributed by atoms with Crippen LogP contribution in [0.25, 0.3) is 0 Å². The first-order chi connectivity index (χ1) is 17.4. The lowest BCUT2D eigenvalue weighted by Crippen LogP contribution is -2.36. The van der Waals surface area contributed by atoms with Gasteiger partial charge in [-0.05, 0) is 92.2 Å². The molecule has 5 nitrogen and oxygen atoms in total. The summed E-state index contributed by atoms with van der Waals surface area (Å²) in [6, 6.07) is 24.7. The van der Waals surface area contributed by atoms with Gasteiger partial charge in [0.05, 0.1) is 12.0 Å². The van der Waals surface area contributed by atoms with Crippen LogP contribution in [0.1, 0.15) is 42.2 Å². The number of ether oxygens (including phenoxy) is 1. The Morgan fingerprint density at radius 2 is 1.69 bits per heavy atom. The minimum absolute atomic E-state index is 0.0409. The third kappa shape index (κ3) is 6.48. The molecule has 0 saturated carbocycles. The van der Waals surface area contributed by atoms with E-state index in [-0.39, 0.29) is 5.92 Å². The molecule has 0 amide bonds. The van der Waals surface area contributed by atoms with Gasteiger partial charge in [-0.15, -0.1) is 0 Å². The molecule has 0 unspecified atom stereocenters. The average Bonchev–Trinajstić information content (AvgIpc) is 2.91. The van der Waals surface area contributed by atoms with Crippen LogP contribution in [0.4, 0.5) is 0 Å². The number of piperidine rings is 1. The number of likely N-dealkylation sites (N-methyl/N-ethyl adjacent to an activating group) is 1. The highest BCUT2D eigenvalue weighted by atomic mass is 35.5. The molecule has 1 atom stereocenters. The fourth-order valence-corrected chi connectivity index (χ4v) is 6.55. The minimum Gasteiger partial charge on any atom is -0.496 e. The van der Waals surface area contributed by atoms with Crippen molar-refractivity contribution in [3.63, 3.8) is 0 Å². The van der Waals surface area contributed by atoms with Crippen molar-refractivity contribution < 1.29 is 13.2 Å². The molecule has 0 aromatic heterocycles. The Labute approximate surface area is 220 Å². The number of methoxy groups -OCH3 is 1.